The molecule has 1 aliphatic heterocycles. The lowest BCUT2D eigenvalue weighted by Gasteiger charge is -2.14. The number of rotatable bonds is 6. The van der Waals surface area contributed by atoms with Crippen LogP contribution < -0.4 is 0 Å². The van der Waals surface area contributed by atoms with Gasteiger partial charge in [0.25, 0.3) is 11.8 Å². The van der Waals surface area contributed by atoms with Gasteiger partial charge in [0, 0.05) is 31.4 Å². The molecule has 2 amide bonds. The summed E-state index contributed by atoms with van der Waals surface area (Å²) in [6, 6.07) is 17.3. The predicted octanol–water partition coefficient (Wildman–Crippen LogP) is 2.96. The smallest absolute Gasteiger partial charge is 0.261 e. The first-order valence-corrected chi connectivity index (χ1v) is 8.72. The molecule has 4 rings (SSSR count). The van der Waals surface area contributed by atoms with Crippen LogP contribution in [0.3, 0.4) is 0 Å². The van der Waals surface area contributed by atoms with Crippen molar-refractivity contribution in [1.29, 1.82) is 0 Å². The molecular formula is C21H19N3O2. The maximum Gasteiger partial charge on any atom is 0.261 e. The number of hydrogen-bond donors (Lipinski definition) is 0. The van der Waals surface area contributed by atoms with Crippen molar-refractivity contribution in [2.75, 3.05) is 6.54 Å². The molecule has 0 aliphatic carbocycles. The topological polar surface area (TPSA) is 55.2 Å². The predicted molar refractivity (Wildman–Crippen MR) is 97.9 cm³/mol. The maximum absolute atomic E-state index is 12.4. The third-order valence-corrected chi connectivity index (χ3v) is 4.75. The highest BCUT2D eigenvalue weighted by molar-refractivity contribution is 6.21. The Morgan fingerprint density at radius 1 is 0.769 bits per heavy atom. The van der Waals surface area contributed by atoms with Crippen molar-refractivity contribution >= 4 is 11.8 Å². The Labute approximate surface area is 151 Å². The molecule has 1 aromatic heterocycles. The third-order valence-electron chi connectivity index (χ3n) is 4.75. The Morgan fingerprint density at radius 2 is 1.42 bits per heavy atom. The second-order valence-electron chi connectivity index (χ2n) is 6.37. The zero-order valence-electron chi connectivity index (χ0n) is 14.3. The van der Waals surface area contributed by atoms with Gasteiger partial charge in [-0.1, -0.05) is 42.5 Å². The van der Waals surface area contributed by atoms with Crippen LogP contribution in [-0.4, -0.2) is 32.8 Å². The standard InChI is InChI=1S/C21H19N3O2/c25-20-18-8-4-5-9-19(18)21(26)24(20)13-11-17-14-22-15-23(17)12-10-16-6-2-1-3-7-16/h1-9,14-15H,10-13H2. The SMILES string of the molecule is O=C1c2ccccc2C(=O)N1CCc1cncn1CCc1ccccc1. The molecule has 26 heavy (non-hydrogen) atoms. The van der Waals surface area contributed by atoms with Crippen LogP contribution in [0.5, 0.6) is 0 Å². The van der Waals surface area contributed by atoms with E-state index in [9.17, 15) is 9.59 Å². The molecule has 1 aliphatic rings. The fourth-order valence-corrected chi connectivity index (χ4v) is 3.32. The van der Waals surface area contributed by atoms with Gasteiger partial charge in [0.1, 0.15) is 0 Å². The van der Waals surface area contributed by atoms with Gasteiger partial charge in [0.15, 0.2) is 0 Å². The first-order chi connectivity index (χ1) is 12.7. The average molecular weight is 345 g/mol. The van der Waals surface area contributed by atoms with Crippen molar-refractivity contribution in [3.8, 4) is 0 Å². The Kier molecular flexibility index (Phi) is 4.35. The van der Waals surface area contributed by atoms with E-state index in [4.69, 9.17) is 0 Å². The summed E-state index contributed by atoms with van der Waals surface area (Å²) in [7, 11) is 0. The van der Waals surface area contributed by atoms with E-state index in [-0.39, 0.29) is 11.8 Å². The molecule has 0 bridgehead atoms. The van der Waals surface area contributed by atoms with Crippen LogP contribution in [0.25, 0.3) is 0 Å². The van der Waals surface area contributed by atoms with Crippen LogP contribution in [0.15, 0.2) is 67.1 Å². The van der Waals surface area contributed by atoms with Gasteiger partial charge >= 0.3 is 0 Å². The molecule has 2 aromatic carbocycles. The van der Waals surface area contributed by atoms with E-state index in [1.807, 2.05) is 24.4 Å². The van der Waals surface area contributed by atoms with Gasteiger partial charge in [-0.3, -0.25) is 14.5 Å². The van der Waals surface area contributed by atoms with Crippen molar-refractivity contribution < 1.29 is 9.59 Å². The number of aryl methyl sites for hydroxylation is 2. The molecule has 2 heterocycles. The number of benzene rings is 2. The van der Waals surface area contributed by atoms with Crippen molar-refractivity contribution in [3.63, 3.8) is 0 Å². The largest absolute Gasteiger partial charge is 0.334 e. The second kappa shape index (κ2) is 6.96. The fraction of sp³-hybridized carbons (Fsp3) is 0.190. The van der Waals surface area contributed by atoms with E-state index in [0.717, 1.165) is 18.7 Å². The lowest BCUT2D eigenvalue weighted by molar-refractivity contribution is 0.0655. The van der Waals surface area contributed by atoms with Crippen LogP contribution in [0.4, 0.5) is 0 Å². The highest BCUT2D eigenvalue weighted by atomic mass is 16.2. The molecule has 0 radical (unpaired) electrons. The summed E-state index contributed by atoms with van der Waals surface area (Å²) in [5.74, 6) is -0.415. The Balaban J connectivity index is 1.41. The van der Waals surface area contributed by atoms with Crippen LogP contribution in [0.1, 0.15) is 32.0 Å². The molecule has 0 atom stereocenters. The summed E-state index contributed by atoms with van der Waals surface area (Å²) in [6.45, 7) is 1.19. The molecule has 0 saturated carbocycles. The number of carbonyl (C=O) groups excluding carboxylic acids is 2. The monoisotopic (exact) mass is 345 g/mol. The molecular weight excluding hydrogens is 326 g/mol. The van der Waals surface area contributed by atoms with Gasteiger partial charge in [0.05, 0.1) is 17.5 Å². The van der Waals surface area contributed by atoms with E-state index in [2.05, 4.69) is 21.7 Å². The number of imidazole rings is 1. The van der Waals surface area contributed by atoms with Gasteiger partial charge in [-0.15, -0.1) is 0 Å². The van der Waals surface area contributed by atoms with E-state index >= 15 is 0 Å². The molecule has 0 spiro atoms. The zero-order valence-corrected chi connectivity index (χ0v) is 14.3. The summed E-state index contributed by atoms with van der Waals surface area (Å²) < 4.78 is 2.09. The van der Waals surface area contributed by atoms with Crippen LogP contribution in [0.2, 0.25) is 0 Å². The average Bonchev–Trinajstić information content (AvgIpc) is 3.23. The fourth-order valence-electron chi connectivity index (χ4n) is 3.32. The minimum absolute atomic E-state index is 0.207. The summed E-state index contributed by atoms with van der Waals surface area (Å²) in [6.07, 6.45) is 5.13. The Morgan fingerprint density at radius 3 is 2.12 bits per heavy atom. The third kappa shape index (κ3) is 3.04. The van der Waals surface area contributed by atoms with Gasteiger partial charge in [0.2, 0.25) is 0 Å². The minimum atomic E-state index is -0.207. The van der Waals surface area contributed by atoms with E-state index in [0.29, 0.717) is 24.1 Å². The first-order valence-electron chi connectivity index (χ1n) is 8.72. The van der Waals surface area contributed by atoms with Crippen LogP contribution >= 0.6 is 0 Å². The molecule has 3 aromatic rings. The lowest BCUT2D eigenvalue weighted by Crippen LogP contribution is -2.32. The molecule has 5 nitrogen and oxygen atoms in total. The van der Waals surface area contributed by atoms with E-state index < -0.39 is 0 Å². The molecule has 0 N–H and O–H groups in total. The normalized spacial score (nSPS) is 13.3. The van der Waals surface area contributed by atoms with Crippen LogP contribution in [0, 0.1) is 0 Å². The van der Waals surface area contributed by atoms with Gasteiger partial charge < -0.3 is 4.57 Å². The number of amides is 2. The van der Waals surface area contributed by atoms with Gasteiger partial charge in [-0.25, -0.2) is 4.98 Å². The summed E-state index contributed by atoms with van der Waals surface area (Å²) >= 11 is 0. The molecule has 130 valence electrons. The molecule has 0 unspecified atom stereocenters. The summed E-state index contributed by atoms with van der Waals surface area (Å²) in [5.41, 5.74) is 3.29. The Hall–Kier alpha value is -3.21. The Bertz CT molecular complexity index is 912. The quantitative estimate of drug-likeness (QED) is 0.646. The number of hydrogen-bond acceptors (Lipinski definition) is 3. The second-order valence-corrected chi connectivity index (χ2v) is 6.37. The van der Waals surface area contributed by atoms with Gasteiger partial charge in [-0.2, -0.15) is 0 Å². The maximum atomic E-state index is 12.4. The number of carbonyl (C=O) groups is 2. The highest BCUT2D eigenvalue weighted by Gasteiger charge is 2.34. The minimum Gasteiger partial charge on any atom is -0.334 e. The summed E-state index contributed by atoms with van der Waals surface area (Å²) in [4.78, 5) is 30.5. The first kappa shape index (κ1) is 16.3. The zero-order chi connectivity index (χ0) is 17.9. The molecule has 5 heteroatoms. The van der Waals surface area contributed by atoms with E-state index in [1.54, 1.807) is 30.6 Å². The van der Waals surface area contributed by atoms with Crippen molar-refractivity contribution in [2.24, 2.45) is 0 Å². The molecule has 0 saturated heterocycles. The van der Waals surface area contributed by atoms with E-state index in [1.165, 1.54) is 10.5 Å². The molecule has 0 fully saturated rings. The number of fused-ring (bicyclic) bond motifs is 1. The number of imide groups is 1. The van der Waals surface area contributed by atoms with Gasteiger partial charge in [-0.05, 0) is 24.1 Å². The highest BCUT2D eigenvalue weighted by Crippen LogP contribution is 2.22. The number of nitrogens with zero attached hydrogens (tertiary/aromatic N) is 3. The van der Waals surface area contributed by atoms with Crippen molar-refractivity contribution in [1.82, 2.24) is 14.5 Å². The number of aromatic nitrogens is 2. The van der Waals surface area contributed by atoms with Crippen molar-refractivity contribution in [3.05, 3.63) is 89.5 Å². The summed E-state index contributed by atoms with van der Waals surface area (Å²) in [5, 5.41) is 0. The van der Waals surface area contributed by atoms with Crippen LogP contribution in [-0.2, 0) is 19.4 Å². The van der Waals surface area contributed by atoms with Crippen molar-refractivity contribution in [2.45, 2.75) is 19.4 Å². The lowest BCUT2D eigenvalue weighted by atomic mass is 10.1.